The number of hydrogen-bond acceptors (Lipinski definition) is 3. The molecular formula is C10H8F3N3. The zero-order valence-electron chi connectivity index (χ0n) is 8.05. The summed E-state index contributed by atoms with van der Waals surface area (Å²) < 4.78 is 37.9. The molecule has 84 valence electrons. The minimum Gasteiger partial charge on any atom is -0.323 e. The first-order chi connectivity index (χ1) is 7.61. The Morgan fingerprint density at radius 3 is 2.62 bits per heavy atom. The van der Waals surface area contributed by atoms with Crippen molar-refractivity contribution >= 4 is 16.6 Å². The van der Waals surface area contributed by atoms with E-state index in [9.17, 15) is 13.2 Å². The number of hydrazine groups is 1. The quantitative estimate of drug-likeness (QED) is 0.612. The summed E-state index contributed by atoms with van der Waals surface area (Å²) in [7, 11) is 0. The number of nitrogen functional groups attached to an aromatic ring is 1. The van der Waals surface area contributed by atoms with Gasteiger partial charge in [-0.1, -0.05) is 0 Å². The molecule has 0 saturated heterocycles. The standard InChI is InChI=1S/C10H8F3N3/c11-5-1-2-7-6(3-5)8(16-14)4-9(15-7)10(12)13/h1-4,10H,14H2,(H,15,16). The number of hydrogen-bond donors (Lipinski definition) is 2. The minimum atomic E-state index is -2.69. The highest BCUT2D eigenvalue weighted by Crippen LogP contribution is 2.27. The molecule has 3 nitrogen and oxygen atoms in total. The van der Waals surface area contributed by atoms with Crippen molar-refractivity contribution in [1.29, 1.82) is 0 Å². The van der Waals surface area contributed by atoms with Crippen molar-refractivity contribution in [3.8, 4) is 0 Å². The predicted octanol–water partition coefficient (Wildman–Crippen LogP) is 2.60. The van der Waals surface area contributed by atoms with E-state index in [-0.39, 0.29) is 11.2 Å². The maximum atomic E-state index is 13.0. The van der Waals surface area contributed by atoms with Crippen molar-refractivity contribution in [1.82, 2.24) is 4.98 Å². The molecule has 0 aliphatic rings. The molecular weight excluding hydrogens is 219 g/mol. The van der Waals surface area contributed by atoms with E-state index in [0.29, 0.717) is 5.39 Å². The molecule has 2 rings (SSSR count). The van der Waals surface area contributed by atoms with Gasteiger partial charge in [0.05, 0.1) is 11.2 Å². The van der Waals surface area contributed by atoms with E-state index in [4.69, 9.17) is 5.84 Å². The van der Waals surface area contributed by atoms with E-state index in [2.05, 4.69) is 10.4 Å². The van der Waals surface area contributed by atoms with Gasteiger partial charge in [0.1, 0.15) is 11.5 Å². The average molecular weight is 227 g/mol. The summed E-state index contributed by atoms with van der Waals surface area (Å²) in [5.74, 6) is 4.71. The molecule has 1 aromatic carbocycles. The van der Waals surface area contributed by atoms with Crippen LogP contribution in [-0.4, -0.2) is 4.98 Å². The van der Waals surface area contributed by atoms with Crippen molar-refractivity contribution in [2.75, 3.05) is 5.43 Å². The van der Waals surface area contributed by atoms with Crippen LogP contribution in [0, 0.1) is 5.82 Å². The van der Waals surface area contributed by atoms with Crippen LogP contribution in [0.2, 0.25) is 0 Å². The number of aromatic nitrogens is 1. The van der Waals surface area contributed by atoms with Gasteiger partial charge in [-0.25, -0.2) is 18.2 Å². The van der Waals surface area contributed by atoms with Crippen LogP contribution in [-0.2, 0) is 0 Å². The van der Waals surface area contributed by atoms with E-state index >= 15 is 0 Å². The summed E-state index contributed by atoms with van der Waals surface area (Å²) in [5.41, 5.74) is 2.35. The molecule has 1 aromatic heterocycles. The van der Waals surface area contributed by atoms with Crippen molar-refractivity contribution < 1.29 is 13.2 Å². The average Bonchev–Trinajstić information content (AvgIpc) is 2.27. The van der Waals surface area contributed by atoms with Crippen LogP contribution in [0.3, 0.4) is 0 Å². The van der Waals surface area contributed by atoms with Gasteiger partial charge in [-0.2, -0.15) is 0 Å². The van der Waals surface area contributed by atoms with Crippen LogP contribution >= 0.6 is 0 Å². The Kier molecular flexibility index (Phi) is 2.66. The predicted molar refractivity (Wildman–Crippen MR) is 54.5 cm³/mol. The highest BCUT2D eigenvalue weighted by atomic mass is 19.3. The fourth-order valence-corrected chi connectivity index (χ4v) is 1.45. The first-order valence-electron chi connectivity index (χ1n) is 4.47. The van der Waals surface area contributed by atoms with Gasteiger partial charge >= 0.3 is 0 Å². The first kappa shape index (κ1) is 10.7. The molecule has 0 unspecified atom stereocenters. The van der Waals surface area contributed by atoms with Crippen LogP contribution in [0.4, 0.5) is 18.9 Å². The fraction of sp³-hybridized carbons (Fsp3) is 0.100. The Labute approximate surface area is 89.1 Å². The lowest BCUT2D eigenvalue weighted by Crippen LogP contribution is -2.08. The Morgan fingerprint density at radius 1 is 1.25 bits per heavy atom. The Hall–Kier alpha value is -1.82. The third-order valence-corrected chi connectivity index (χ3v) is 2.17. The molecule has 3 N–H and O–H groups in total. The Bertz CT molecular complexity index is 528. The number of nitrogens with two attached hydrogens (primary N) is 1. The van der Waals surface area contributed by atoms with Gasteiger partial charge in [-0.05, 0) is 24.3 Å². The van der Waals surface area contributed by atoms with Gasteiger partial charge in [-0.3, -0.25) is 5.84 Å². The molecule has 1 heterocycles. The minimum absolute atomic E-state index is 0.222. The topological polar surface area (TPSA) is 50.9 Å². The lowest BCUT2D eigenvalue weighted by molar-refractivity contribution is 0.146. The maximum absolute atomic E-state index is 13.0. The van der Waals surface area contributed by atoms with Crippen LogP contribution in [0.15, 0.2) is 24.3 Å². The van der Waals surface area contributed by atoms with E-state index in [1.54, 1.807) is 0 Å². The molecule has 0 aliphatic heterocycles. The monoisotopic (exact) mass is 227 g/mol. The Morgan fingerprint density at radius 2 is 2.00 bits per heavy atom. The van der Waals surface area contributed by atoms with Gasteiger partial charge in [-0.15, -0.1) is 0 Å². The number of alkyl halides is 2. The third kappa shape index (κ3) is 1.79. The van der Waals surface area contributed by atoms with Crippen LogP contribution in [0.5, 0.6) is 0 Å². The zero-order chi connectivity index (χ0) is 11.7. The summed E-state index contributed by atoms with van der Waals surface area (Å²) in [6.07, 6.45) is -2.69. The number of nitrogens with zero attached hydrogens (tertiary/aromatic N) is 1. The van der Waals surface area contributed by atoms with Gasteiger partial charge in [0, 0.05) is 5.39 Å². The molecule has 0 saturated carbocycles. The first-order valence-corrected chi connectivity index (χ1v) is 4.47. The van der Waals surface area contributed by atoms with Crippen molar-refractivity contribution in [3.05, 3.63) is 35.8 Å². The number of pyridine rings is 1. The molecule has 2 aromatic rings. The van der Waals surface area contributed by atoms with Crippen molar-refractivity contribution in [2.24, 2.45) is 5.84 Å². The number of anilines is 1. The summed E-state index contributed by atoms with van der Waals surface area (Å²) in [6.45, 7) is 0. The molecule has 0 fully saturated rings. The van der Waals surface area contributed by atoms with E-state index in [0.717, 1.165) is 12.1 Å². The SMILES string of the molecule is NNc1cc(C(F)F)nc2ccc(F)cc12. The van der Waals surface area contributed by atoms with Crippen LogP contribution < -0.4 is 11.3 Å². The number of benzene rings is 1. The normalized spacial score (nSPS) is 11.1. The largest absolute Gasteiger partial charge is 0.323 e. The van der Waals surface area contributed by atoms with Gasteiger partial charge in [0.2, 0.25) is 0 Å². The summed E-state index contributed by atoms with van der Waals surface area (Å²) in [6, 6.07) is 4.78. The van der Waals surface area contributed by atoms with Gasteiger partial charge in [0.25, 0.3) is 6.43 Å². The molecule has 0 bridgehead atoms. The summed E-state index contributed by atoms with van der Waals surface area (Å²) in [4.78, 5) is 3.71. The zero-order valence-corrected chi connectivity index (χ0v) is 8.05. The number of nitrogens with one attached hydrogen (secondary N) is 1. The second-order valence-corrected chi connectivity index (χ2v) is 3.20. The molecule has 0 amide bonds. The lowest BCUT2D eigenvalue weighted by Gasteiger charge is -2.08. The van der Waals surface area contributed by atoms with Crippen molar-refractivity contribution in [2.45, 2.75) is 6.43 Å². The molecule has 6 heteroatoms. The molecule has 16 heavy (non-hydrogen) atoms. The number of rotatable bonds is 2. The second kappa shape index (κ2) is 3.97. The second-order valence-electron chi connectivity index (χ2n) is 3.20. The van der Waals surface area contributed by atoms with Crippen LogP contribution in [0.25, 0.3) is 10.9 Å². The van der Waals surface area contributed by atoms with Gasteiger partial charge in [0.15, 0.2) is 0 Å². The molecule has 0 spiro atoms. The molecule has 0 radical (unpaired) electrons. The maximum Gasteiger partial charge on any atom is 0.280 e. The highest BCUT2D eigenvalue weighted by molar-refractivity contribution is 5.91. The lowest BCUT2D eigenvalue weighted by atomic mass is 10.1. The molecule has 0 aliphatic carbocycles. The highest BCUT2D eigenvalue weighted by Gasteiger charge is 2.13. The van der Waals surface area contributed by atoms with E-state index < -0.39 is 17.9 Å². The number of halogens is 3. The smallest absolute Gasteiger partial charge is 0.280 e. The summed E-state index contributed by atoms with van der Waals surface area (Å²) in [5, 5.41) is 0.368. The fourth-order valence-electron chi connectivity index (χ4n) is 1.45. The van der Waals surface area contributed by atoms with E-state index in [1.165, 1.54) is 12.1 Å². The Balaban J connectivity index is 2.73. The van der Waals surface area contributed by atoms with Gasteiger partial charge < -0.3 is 5.43 Å². The third-order valence-electron chi connectivity index (χ3n) is 2.17. The van der Waals surface area contributed by atoms with Crippen molar-refractivity contribution in [3.63, 3.8) is 0 Å². The summed E-state index contributed by atoms with van der Waals surface area (Å²) >= 11 is 0. The molecule has 0 atom stereocenters. The number of fused-ring (bicyclic) bond motifs is 1. The van der Waals surface area contributed by atoms with E-state index in [1.807, 2.05) is 0 Å². The van der Waals surface area contributed by atoms with Crippen LogP contribution in [0.1, 0.15) is 12.1 Å².